The van der Waals surface area contributed by atoms with Gasteiger partial charge < -0.3 is 0 Å². The van der Waals surface area contributed by atoms with E-state index < -0.39 is 32.9 Å². The average molecular weight is 801 g/mol. The standard InChI is InChI=1S/C41H39NO9SSe/c1-25-35(45)28-15-8-10-17-30(28)37(47)39(25)52-22-20-34(44)51-32(24-53-40-26(2)36(46)29-16-9-11-18-31(29)38(40)48)41(49)42-21-12-4-7-19-33(43)50-23-27-13-5-3-6-14-27/h3,5-6,8-11,13-18,32H,4,7,12,19-24H2,1-2H3,(H,42,49). The molecule has 2 aliphatic rings. The zero-order valence-corrected chi connectivity index (χ0v) is 32.0. The predicted molar refractivity (Wildman–Crippen MR) is 201 cm³/mol. The number of hydrogen-bond donors (Lipinski definition) is 1. The predicted octanol–water partition coefficient (Wildman–Crippen LogP) is 6.27. The van der Waals surface area contributed by atoms with Gasteiger partial charge in [-0.1, -0.05) is 36.4 Å². The molecule has 3 aromatic carbocycles. The molecule has 0 radical (unpaired) electrons. The van der Waals surface area contributed by atoms with Crippen molar-refractivity contribution in [3.8, 4) is 0 Å². The van der Waals surface area contributed by atoms with Gasteiger partial charge >= 0.3 is 278 Å². The average Bonchev–Trinajstić information content (AvgIpc) is 3.17. The van der Waals surface area contributed by atoms with Crippen LogP contribution in [0.4, 0.5) is 0 Å². The molecule has 0 heterocycles. The summed E-state index contributed by atoms with van der Waals surface area (Å²) in [5.74, 6) is -2.44. The Bertz CT molecular complexity index is 2000. The number of ketones is 4. The molecule has 10 nitrogen and oxygen atoms in total. The summed E-state index contributed by atoms with van der Waals surface area (Å²) in [4.78, 5) is 91.2. The van der Waals surface area contributed by atoms with Crippen molar-refractivity contribution >= 4 is 67.7 Å². The van der Waals surface area contributed by atoms with Crippen molar-refractivity contribution in [1.29, 1.82) is 0 Å². The molecule has 2 aliphatic carbocycles. The minimum absolute atomic E-state index is 0.0207. The Hall–Kier alpha value is -4.90. The van der Waals surface area contributed by atoms with Crippen molar-refractivity contribution in [3.63, 3.8) is 0 Å². The summed E-state index contributed by atoms with van der Waals surface area (Å²) in [5.41, 5.74) is 2.85. The number of hydrogen-bond acceptors (Lipinski definition) is 10. The number of amides is 1. The van der Waals surface area contributed by atoms with Crippen molar-refractivity contribution in [1.82, 2.24) is 5.32 Å². The van der Waals surface area contributed by atoms with Gasteiger partial charge in [-0.3, -0.25) is 0 Å². The van der Waals surface area contributed by atoms with Crippen LogP contribution in [0.1, 0.15) is 92.9 Å². The van der Waals surface area contributed by atoms with Crippen LogP contribution in [0.3, 0.4) is 0 Å². The summed E-state index contributed by atoms with van der Waals surface area (Å²) in [7, 11) is 0. The summed E-state index contributed by atoms with van der Waals surface area (Å²) in [6.45, 7) is 3.66. The number of carbonyl (C=O) groups is 7. The number of carbonyl (C=O) groups excluding carboxylic acids is 7. The van der Waals surface area contributed by atoms with Gasteiger partial charge in [0, 0.05) is 0 Å². The Balaban J connectivity index is 1.15. The van der Waals surface area contributed by atoms with E-state index in [9.17, 15) is 33.6 Å². The van der Waals surface area contributed by atoms with Crippen molar-refractivity contribution < 1.29 is 43.0 Å². The normalized spacial score (nSPS) is 14.5. The first-order chi connectivity index (χ1) is 25.6. The Morgan fingerprint density at radius 3 is 1.92 bits per heavy atom. The topological polar surface area (TPSA) is 150 Å². The van der Waals surface area contributed by atoms with E-state index in [4.69, 9.17) is 9.47 Å². The molecule has 53 heavy (non-hydrogen) atoms. The number of allylic oxidation sites excluding steroid dienone is 4. The van der Waals surface area contributed by atoms with Gasteiger partial charge in [-0.05, 0) is 5.56 Å². The molecule has 0 saturated heterocycles. The first kappa shape index (κ1) is 39.3. The number of Topliss-reactive ketones (excluding diaryl/α,β-unsaturated/α-hetero) is 4. The van der Waals surface area contributed by atoms with Gasteiger partial charge in [0.05, 0.1) is 0 Å². The van der Waals surface area contributed by atoms with E-state index in [2.05, 4.69) is 5.32 Å². The van der Waals surface area contributed by atoms with Crippen LogP contribution < -0.4 is 5.32 Å². The number of benzene rings is 3. The van der Waals surface area contributed by atoms with Gasteiger partial charge in [0.2, 0.25) is 0 Å². The first-order valence-corrected chi connectivity index (χ1v) is 20.3. The number of esters is 2. The second-order valence-electron chi connectivity index (χ2n) is 12.5. The van der Waals surface area contributed by atoms with E-state index in [0.717, 1.165) is 17.3 Å². The number of ether oxygens (including phenoxy) is 2. The number of fused-ring (bicyclic) bond motifs is 2. The van der Waals surface area contributed by atoms with E-state index in [0.29, 0.717) is 57.1 Å². The van der Waals surface area contributed by atoms with E-state index >= 15 is 0 Å². The maximum absolute atomic E-state index is 13.4. The third kappa shape index (κ3) is 9.95. The van der Waals surface area contributed by atoms with Crippen LogP contribution in [0.2, 0.25) is 5.32 Å². The Morgan fingerprint density at radius 1 is 0.679 bits per heavy atom. The summed E-state index contributed by atoms with van der Waals surface area (Å²) < 4.78 is 11.3. The quantitative estimate of drug-likeness (QED) is 0.0941. The fourth-order valence-electron chi connectivity index (χ4n) is 5.78. The summed E-state index contributed by atoms with van der Waals surface area (Å²) in [5, 5.41) is 2.83. The SMILES string of the molecule is CC1=C(SCCC(=O)OC(C[Se]C2=C(C)C(=O)c3ccccc3C2=O)C(=O)NCCCCCC(=O)OCc2ccccc2)C(=O)c2ccccc2C1=O. The Kier molecular flexibility index (Phi) is 13.9. The summed E-state index contributed by atoms with van der Waals surface area (Å²) >= 11 is 0.401. The van der Waals surface area contributed by atoms with Gasteiger partial charge in [0.15, 0.2) is 0 Å². The number of nitrogens with one attached hydrogen (secondary N) is 1. The van der Waals surface area contributed by atoms with Crippen LogP contribution in [-0.4, -0.2) is 74.3 Å². The van der Waals surface area contributed by atoms with E-state index in [1.54, 1.807) is 62.4 Å². The zero-order chi connectivity index (χ0) is 37.9. The van der Waals surface area contributed by atoms with Crippen molar-refractivity contribution in [2.75, 3.05) is 12.3 Å². The monoisotopic (exact) mass is 801 g/mol. The van der Waals surface area contributed by atoms with Gasteiger partial charge in [-0.25, -0.2) is 0 Å². The fourth-order valence-corrected chi connectivity index (χ4v) is 9.09. The number of thioether (sulfide) groups is 1. The van der Waals surface area contributed by atoms with Crippen molar-refractivity contribution in [2.45, 2.75) is 64.0 Å². The summed E-state index contributed by atoms with van der Waals surface area (Å²) in [6.07, 6.45) is 0.659. The van der Waals surface area contributed by atoms with E-state index in [1.807, 2.05) is 30.3 Å². The molecule has 1 unspecified atom stereocenters. The van der Waals surface area contributed by atoms with Crippen LogP contribution in [0.15, 0.2) is 99.4 Å². The first-order valence-electron chi connectivity index (χ1n) is 17.3. The molecule has 0 fully saturated rings. The maximum atomic E-state index is 13.4. The molecule has 1 amide bonds. The summed E-state index contributed by atoms with van der Waals surface area (Å²) in [6, 6.07) is 22.6. The van der Waals surface area contributed by atoms with Crippen LogP contribution in [-0.2, 0) is 30.5 Å². The molecule has 12 heteroatoms. The van der Waals surface area contributed by atoms with Crippen LogP contribution in [0, 0.1) is 0 Å². The molecule has 3 aromatic rings. The molecular formula is C41H39NO9SSe. The Morgan fingerprint density at radius 2 is 1.26 bits per heavy atom. The van der Waals surface area contributed by atoms with Crippen molar-refractivity contribution in [3.05, 3.63) is 127 Å². The molecule has 1 N–H and O–H groups in total. The number of rotatable bonds is 17. The molecule has 0 saturated carbocycles. The van der Waals surface area contributed by atoms with Crippen LogP contribution in [0.5, 0.6) is 0 Å². The third-order valence-electron chi connectivity index (χ3n) is 8.70. The van der Waals surface area contributed by atoms with E-state index in [-0.39, 0.29) is 71.1 Å². The molecule has 0 aromatic heterocycles. The molecule has 0 aliphatic heterocycles. The van der Waals surface area contributed by atoms with Crippen LogP contribution >= 0.6 is 11.8 Å². The molecular weight excluding hydrogens is 761 g/mol. The molecule has 0 spiro atoms. The van der Waals surface area contributed by atoms with E-state index in [1.165, 1.54) is 0 Å². The molecule has 1 atom stereocenters. The fraction of sp³-hybridized carbons (Fsp3) is 0.293. The van der Waals surface area contributed by atoms with Gasteiger partial charge in [-0.15, -0.1) is 0 Å². The third-order valence-corrected chi connectivity index (χ3v) is 12.5. The van der Waals surface area contributed by atoms with Crippen molar-refractivity contribution in [2.24, 2.45) is 0 Å². The van der Waals surface area contributed by atoms with Crippen LogP contribution in [0.25, 0.3) is 0 Å². The van der Waals surface area contributed by atoms with Gasteiger partial charge in [0.25, 0.3) is 0 Å². The second-order valence-corrected chi connectivity index (χ2v) is 15.7. The minimum atomic E-state index is -1.23. The van der Waals surface area contributed by atoms with Gasteiger partial charge in [-0.2, -0.15) is 0 Å². The Labute approximate surface area is 318 Å². The number of unbranched alkanes of at least 4 members (excludes halogenated alkanes) is 2. The molecule has 5 rings (SSSR count). The molecule has 0 bridgehead atoms. The second kappa shape index (κ2) is 18.7. The zero-order valence-electron chi connectivity index (χ0n) is 29.4. The van der Waals surface area contributed by atoms with Gasteiger partial charge in [0.1, 0.15) is 0 Å². The molecule has 274 valence electrons.